The molecule has 1 unspecified atom stereocenters. The van der Waals surface area contributed by atoms with Gasteiger partial charge in [-0.15, -0.1) is 0 Å². The molecule has 4 heteroatoms. The molecular formula is C14H13N3O. The van der Waals surface area contributed by atoms with E-state index < -0.39 is 6.10 Å². The molecule has 90 valence electrons. The molecule has 0 saturated carbocycles. The Balaban J connectivity index is 2.14. The summed E-state index contributed by atoms with van der Waals surface area (Å²) in [7, 11) is 1.83. The van der Waals surface area contributed by atoms with Crippen LogP contribution in [0.25, 0.3) is 10.9 Å². The molecule has 2 aromatic heterocycles. The molecule has 0 spiro atoms. The van der Waals surface area contributed by atoms with E-state index in [9.17, 15) is 5.11 Å². The molecule has 18 heavy (non-hydrogen) atoms. The van der Waals surface area contributed by atoms with E-state index >= 15 is 0 Å². The largest absolute Gasteiger partial charge is 0.384 e. The first kappa shape index (κ1) is 10.9. The van der Waals surface area contributed by atoms with E-state index in [-0.39, 0.29) is 0 Å². The number of benzene rings is 1. The summed E-state index contributed by atoms with van der Waals surface area (Å²) in [5.74, 6) is 0. The lowest BCUT2D eigenvalue weighted by Crippen LogP contribution is -2.00. The van der Waals surface area contributed by atoms with Crippen molar-refractivity contribution in [3.63, 3.8) is 0 Å². The lowest BCUT2D eigenvalue weighted by molar-refractivity contribution is 0.221. The van der Waals surface area contributed by atoms with E-state index in [0.717, 1.165) is 22.0 Å². The highest BCUT2D eigenvalue weighted by Crippen LogP contribution is 2.27. The van der Waals surface area contributed by atoms with E-state index in [4.69, 9.17) is 0 Å². The summed E-state index contributed by atoms with van der Waals surface area (Å²) in [6.07, 6.45) is 4.54. The van der Waals surface area contributed by atoms with Gasteiger partial charge in [-0.05, 0) is 17.7 Å². The van der Waals surface area contributed by atoms with Crippen LogP contribution in [-0.2, 0) is 7.05 Å². The molecule has 3 aromatic rings. The zero-order valence-electron chi connectivity index (χ0n) is 9.99. The Hall–Kier alpha value is -2.20. The highest BCUT2D eigenvalue weighted by Gasteiger charge is 2.15. The minimum absolute atomic E-state index is 0.674. The van der Waals surface area contributed by atoms with Gasteiger partial charge in [-0.2, -0.15) is 5.10 Å². The molecule has 0 aliphatic carbocycles. The van der Waals surface area contributed by atoms with Crippen molar-refractivity contribution in [2.75, 3.05) is 0 Å². The fraction of sp³-hybridized carbons (Fsp3) is 0.143. The van der Waals surface area contributed by atoms with Gasteiger partial charge in [-0.1, -0.05) is 18.2 Å². The van der Waals surface area contributed by atoms with Gasteiger partial charge >= 0.3 is 0 Å². The number of rotatable bonds is 2. The molecule has 1 atom stereocenters. The lowest BCUT2D eigenvalue weighted by Gasteiger charge is -2.11. The smallest absolute Gasteiger partial charge is 0.108 e. The Morgan fingerprint density at radius 3 is 2.83 bits per heavy atom. The number of aliphatic hydroxyl groups excluding tert-OH is 1. The second-order valence-corrected chi connectivity index (χ2v) is 4.27. The number of aromatic nitrogens is 3. The summed E-state index contributed by atoms with van der Waals surface area (Å²) in [6.45, 7) is 0. The van der Waals surface area contributed by atoms with Crippen LogP contribution in [0, 0.1) is 0 Å². The van der Waals surface area contributed by atoms with Crippen molar-refractivity contribution >= 4 is 10.9 Å². The first-order valence-corrected chi connectivity index (χ1v) is 5.76. The molecule has 3 rings (SSSR count). The molecule has 0 saturated heterocycles. The van der Waals surface area contributed by atoms with E-state index in [1.54, 1.807) is 17.1 Å². The van der Waals surface area contributed by atoms with E-state index in [2.05, 4.69) is 10.1 Å². The van der Waals surface area contributed by atoms with Gasteiger partial charge in [0.15, 0.2) is 0 Å². The molecular weight excluding hydrogens is 226 g/mol. The number of nitrogens with zero attached hydrogens (tertiary/aromatic N) is 3. The number of aliphatic hydroxyl groups is 1. The third-order valence-electron chi connectivity index (χ3n) is 3.02. The van der Waals surface area contributed by atoms with Crippen molar-refractivity contribution in [3.8, 4) is 0 Å². The van der Waals surface area contributed by atoms with Gasteiger partial charge in [0.1, 0.15) is 6.10 Å². The topological polar surface area (TPSA) is 50.9 Å². The zero-order chi connectivity index (χ0) is 12.5. The van der Waals surface area contributed by atoms with Crippen LogP contribution < -0.4 is 0 Å². The Kier molecular flexibility index (Phi) is 2.57. The maximum atomic E-state index is 10.4. The number of hydrogen-bond donors (Lipinski definition) is 1. The number of hydrogen-bond acceptors (Lipinski definition) is 3. The van der Waals surface area contributed by atoms with Crippen molar-refractivity contribution in [1.29, 1.82) is 0 Å². The zero-order valence-corrected chi connectivity index (χ0v) is 9.99. The summed E-state index contributed by atoms with van der Waals surface area (Å²) in [4.78, 5) is 4.29. The van der Waals surface area contributed by atoms with Crippen LogP contribution in [0.1, 0.15) is 17.2 Å². The van der Waals surface area contributed by atoms with Gasteiger partial charge in [-0.25, -0.2) is 0 Å². The average Bonchev–Trinajstić information content (AvgIpc) is 2.84. The third kappa shape index (κ3) is 1.76. The van der Waals surface area contributed by atoms with Crippen molar-refractivity contribution in [3.05, 3.63) is 60.0 Å². The second-order valence-electron chi connectivity index (χ2n) is 4.27. The van der Waals surface area contributed by atoms with Crippen LogP contribution in [0.2, 0.25) is 0 Å². The minimum atomic E-state index is -0.674. The number of aryl methyl sites for hydroxylation is 1. The molecule has 2 heterocycles. The van der Waals surface area contributed by atoms with Gasteiger partial charge in [0, 0.05) is 30.4 Å². The van der Waals surface area contributed by atoms with E-state index in [0.29, 0.717) is 0 Å². The fourth-order valence-corrected chi connectivity index (χ4v) is 2.12. The Morgan fingerprint density at radius 1 is 1.22 bits per heavy atom. The van der Waals surface area contributed by atoms with Gasteiger partial charge in [0.25, 0.3) is 0 Å². The molecule has 0 radical (unpaired) electrons. The van der Waals surface area contributed by atoms with Crippen molar-refractivity contribution in [2.45, 2.75) is 6.10 Å². The second kappa shape index (κ2) is 4.23. The summed E-state index contributed by atoms with van der Waals surface area (Å²) in [5, 5.41) is 15.5. The predicted octanol–water partition coefficient (Wildman–Crippen LogP) is 2.05. The Labute approximate surface area is 105 Å². The van der Waals surface area contributed by atoms with Crippen LogP contribution in [0.3, 0.4) is 0 Å². The first-order chi connectivity index (χ1) is 8.75. The highest BCUT2D eigenvalue weighted by atomic mass is 16.3. The minimum Gasteiger partial charge on any atom is -0.384 e. The lowest BCUT2D eigenvalue weighted by atomic mass is 10.0. The van der Waals surface area contributed by atoms with Crippen LogP contribution in [0.15, 0.2) is 48.9 Å². The Morgan fingerprint density at radius 2 is 2.06 bits per heavy atom. The number of pyridine rings is 1. The van der Waals surface area contributed by atoms with Gasteiger partial charge in [0.05, 0.1) is 11.7 Å². The number of para-hydroxylation sites is 1. The third-order valence-corrected chi connectivity index (χ3v) is 3.02. The van der Waals surface area contributed by atoms with Gasteiger partial charge < -0.3 is 5.11 Å². The quantitative estimate of drug-likeness (QED) is 0.744. The average molecular weight is 239 g/mol. The van der Waals surface area contributed by atoms with Crippen molar-refractivity contribution in [1.82, 2.24) is 14.8 Å². The molecule has 0 fully saturated rings. The van der Waals surface area contributed by atoms with Crippen LogP contribution in [0.4, 0.5) is 0 Å². The molecule has 1 N–H and O–H groups in total. The highest BCUT2D eigenvalue weighted by molar-refractivity contribution is 5.82. The van der Waals surface area contributed by atoms with Crippen LogP contribution in [-0.4, -0.2) is 19.9 Å². The first-order valence-electron chi connectivity index (χ1n) is 5.76. The summed E-state index contributed by atoms with van der Waals surface area (Å²) in [6, 6.07) is 9.64. The molecule has 0 aliphatic rings. The SMILES string of the molecule is Cn1cc(C(O)c2ccnc3ccccc23)cn1. The van der Waals surface area contributed by atoms with Gasteiger partial charge in [0.2, 0.25) is 0 Å². The van der Waals surface area contributed by atoms with E-state index in [1.807, 2.05) is 43.6 Å². The normalized spacial score (nSPS) is 12.8. The molecule has 4 nitrogen and oxygen atoms in total. The summed E-state index contributed by atoms with van der Waals surface area (Å²) >= 11 is 0. The van der Waals surface area contributed by atoms with E-state index in [1.165, 1.54) is 0 Å². The van der Waals surface area contributed by atoms with Crippen LogP contribution >= 0.6 is 0 Å². The van der Waals surface area contributed by atoms with Crippen molar-refractivity contribution in [2.24, 2.45) is 7.05 Å². The maximum absolute atomic E-state index is 10.4. The maximum Gasteiger partial charge on any atom is 0.108 e. The summed E-state index contributed by atoms with van der Waals surface area (Å²) < 4.78 is 1.68. The molecule has 1 aromatic carbocycles. The monoisotopic (exact) mass is 239 g/mol. The molecule has 0 amide bonds. The standard InChI is InChI=1S/C14H13N3O/c1-17-9-10(8-16-17)14(18)12-6-7-15-13-5-3-2-4-11(12)13/h2-9,14,18H,1H3. The molecule has 0 bridgehead atoms. The molecule has 0 aliphatic heterocycles. The van der Waals surface area contributed by atoms with Crippen molar-refractivity contribution < 1.29 is 5.11 Å². The fourth-order valence-electron chi connectivity index (χ4n) is 2.12. The Bertz CT molecular complexity index is 685. The number of fused-ring (bicyclic) bond motifs is 1. The van der Waals surface area contributed by atoms with Gasteiger partial charge in [-0.3, -0.25) is 9.67 Å². The van der Waals surface area contributed by atoms with Crippen LogP contribution in [0.5, 0.6) is 0 Å². The summed E-state index contributed by atoms with van der Waals surface area (Å²) in [5.41, 5.74) is 2.53. The predicted molar refractivity (Wildman–Crippen MR) is 69.0 cm³/mol.